The number of aryl methyl sites for hydroxylation is 1. The van der Waals surface area contributed by atoms with Crippen LogP contribution in [0, 0.1) is 0 Å². The second kappa shape index (κ2) is 6.43. The predicted molar refractivity (Wildman–Crippen MR) is 77.9 cm³/mol. The first kappa shape index (κ1) is 14.4. The number of ether oxygens (including phenoxy) is 2. The molecule has 1 aromatic heterocycles. The maximum absolute atomic E-state index is 5.88. The molecule has 1 aromatic carbocycles. The third kappa shape index (κ3) is 3.74. The van der Waals surface area contributed by atoms with Crippen LogP contribution < -0.4 is 15.2 Å². The van der Waals surface area contributed by atoms with Crippen LogP contribution in [0.2, 0.25) is 0 Å². The highest BCUT2D eigenvalue weighted by Crippen LogP contribution is 2.26. The zero-order valence-electron chi connectivity index (χ0n) is 12.2. The van der Waals surface area contributed by atoms with Gasteiger partial charge in [-0.15, -0.1) is 0 Å². The minimum Gasteiger partial charge on any atom is -0.497 e. The quantitative estimate of drug-likeness (QED) is 0.874. The van der Waals surface area contributed by atoms with E-state index in [0.717, 1.165) is 29.2 Å². The van der Waals surface area contributed by atoms with Gasteiger partial charge in [0.25, 0.3) is 0 Å². The lowest BCUT2D eigenvalue weighted by Crippen LogP contribution is -2.18. The minimum absolute atomic E-state index is 0.0688. The van der Waals surface area contributed by atoms with Gasteiger partial charge >= 0.3 is 0 Å². The number of nitrogens with zero attached hydrogens (tertiary/aromatic N) is 2. The summed E-state index contributed by atoms with van der Waals surface area (Å²) in [6, 6.07) is 7.78. The fourth-order valence-electron chi connectivity index (χ4n) is 2.02. The van der Waals surface area contributed by atoms with Gasteiger partial charge in [-0.25, -0.2) is 0 Å². The van der Waals surface area contributed by atoms with Gasteiger partial charge < -0.3 is 15.2 Å². The first-order valence-corrected chi connectivity index (χ1v) is 6.62. The van der Waals surface area contributed by atoms with Gasteiger partial charge in [0.15, 0.2) is 0 Å². The number of hydrogen-bond acceptors (Lipinski definition) is 4. The van der Waals surface area contributed by atoms with Crippen molar-refractivity contribution >= 4 is 0 Å². The summed E-state index contributed by atoms with van der Waals surface area (Å²) in [7, 11) is 3.54. The van der Waals surface area contributed by atoms with Crippen LogP contribution in [-0.4, -0.2) is 22.9 Å². The Hall–Kier alpha value is -2.01. The van der Waals surface area contributed by atoms with E-state index < -0.39 is 0 Å². The topological polar surface area (TPSA) is 62.3 Å². The molecule has 0 saturated heterocycles. The predicted octanol–water partition coefficient (Wildman–Crippen LogP) is 1.90. The molecule has 1 heterocycles. The van der Waals surface area contributed by atoms with E-state index >= 15 is 0 Å². The van der Waals surface area contributed by atoms with Crippen LogP contribution >= 0.6 is 0 Å². The second-order valence-electron chi connectivity index (χ2n) is 4.92. The number of benzene rings is 1. The van der Waals surface area contributed by atoms with Crippen LogP contribution in [0.25, 0.3) is 0 Å². The van der Waals surface area contributed by atoms with Gasteiger partial charge in [-0.1, -0.05) is 0 Å². The van der Waals surface area contributed by atoms with Gasteiger partial charge in [-0.3, -0.25) is 4.68 Å². The number of hydrogen-bond donors (Lipinski definition) is 1. The number of aromatic nitrogens is 2. The summed E-state index contributed by atoms with van der Waals surface area (Å²) < 4.78 is 12.9. The largest absolute Gasteiger partial charge is 0.497 e. The molecule has 0 aliphatic carbocycles. The molecule has 0 aliphatic rings. The molecule has 2 N–H and O–H groups in total. The normalized spacial score (nSPS) is 12.2. The van der Waals surface area contributed by atoms with Crippen LogP contribution in [0.1, 0.15) is 18.2 Å². The molecular weight excluding hydrogens is 254 g/mol. The van der Waals surface area contributed by atoms with Crippen LogP contribution in [0.15, 0.2) is 30.5 Å². The summed E-state index contributed by atoms with van der Waals surface area (Å²) >= 11 is 0. The summed E-state index contributed by atoms with van der Waals surface area (Å²) in [5, 5.41) is 4.29. The lowest BCUT2D eigenvalue weighted by Gasteiger charge is -2.14. The summed E-state index contributed by atoms with van der Waals surface area (Å²) in [4.78, 5) is 0. The fourth-order valence-corrected chi connectivity index (χ4v) is 2.02. The standard InChI is InChI=1S/C15H21N3O2/c1-11(16)8-12-9-14(19-3)4-5-15(12)20-10-13-6-7-18(2)17-13/h4-7,9,11H,8,10,16H2,1-3H3. The number of rotatable bonds is 6. The molecule has 2 rings (SSSR count). The highest BCUT2D eigenvalue weighted by molar-refractivity contribution is 5.40. The van der Waals surface area contributed by atoms with Crippen molar-refractivity contribution in [2.75, 3.05) is 7.11 Å². The molecule has 108 valence electrons. The molecule has 20 heavy (non-hydrogen) atoms. The molecule has 5 heteroatoms. The van der Waals surface area contributed by atoms with Gasteiger partial charge in [-0.05, 0) is 43.2 Å². The average Bonchev–Trinajstić information content (AvgIpc) is 2.82. The highest BCUT2D eigenvalue weighted by Gasteiger charge is 2.09. The third-order valence-corrected chi connectivity index (χ3v) is 2.95. The monoisotopic (exact) mass is 275 g/mol. The Morgan fingerprint density at radius 2 is 2.15 bits per heavy atom. The Morgan fingerprint density at radius 3 is 2.75 bits per heavy atom. The zero-order chi connectivity index (χ0) is 14.5. The smallest absolute Gasteiger partial charge is 0.132 e. The van der Waals surface area contributed by atoms with Crippen molar-refractivity contribution in [3.05, 3.63) is 41.7 Å². The Balaban J connectivity index is 2.12. The van der Waals surface area contributed by atoms with Crippen molar-refractivity contribution in [1.82, 2.24) is 9.78 Å². The van der Waals surface area contributed by atoms with E-state index in [4.69, 9.17) is 15.2 Å². The average molecular weight is 275 g/mol. The van der Waals surface area contributed by atoms with E-state index in [-0.39, 0.29) is 6.04 Å². The lowest BCUT2D eigenvalue weighted by molar-refractivity contribution is 0.295. The van der Waals surface area contributed by atoms with Gasteiger partial charge in [0.2, 0.25) is 0 Å². The van der Waals surface area contributed by atoms with Crippen molar-refractivity contribution in [2.45, 2.75) is 26.0 Å². The molecule has 0 fully saturated rings. The van der Waals surface area contributed by atoms with Gasteiger partial charge in [0.1, 0.15) is 18.1 Å². The van der Waals surface area contributed by atoms with E-state index in [0.29, 0.717) is 6.61 Å². The number of nitrogens with two attached hydrogens (primary N) is 1. The SMILES string of the molecule is COc1ccc(OCc2ccn(C)n2)c(CC(C)N)c1. The Kier molecular flexibility index (Phi) is 4.63. The summed E-state index contributed by atoms with van der Waals surface area (Å²) in [5.74, 6) is 1.64. The molecule has 1 atom stereocenters. The molecular formula is C15H21N3O2. The van der Waals surface area contributed by atoms with E-state index in [1.54, 1.807) is 11.8 Å². The van der Waals surface area contributed by atoms with Crippen molar-refractivity contribution < 1.29 is 9.47 Å². The second-order valence-corrected chi connectivity index (χ2v) is 4.92. The van der Waals surface area contributed by atoms with Crippen LogP contribution in [-0.2, 0) is 20.1 Å². The summed E-state index contributed by atoms with van der Waals surface area (Å²) in [5.41, 5.74) is 7.83. The Bertz CT molecular complexity index is 564. The van der Waals surface area contributed by atoms with Gasteiger partial charge in [0.05, 0.1) is 12.8 Å². The first-order chi connectivity index (χ1) is 9.58. The molecule has 2 aromatic rings. The van der Waals surface area contributed by atoms with E-state index in [9.17, 15) is 0 Å². The molecule has 0 radical (unpaired) electrons. The molecule has 0 spiro atoms. The molecule has 0 aliphatic heterocycles. The van der Waals surface area contributed by atoms with E-state index in [1.165, 1.54) is 0 Å². The first-order valence-electron chi connectivity index (χ1n) is 6.62. The van der Waals surface area contributed by atoms with Crippen molar-refractivity contribution in [3.63, 3.8) is 0 Å². The van der Waals surface area contributed by atoms with E-state index in [1.807, 2.05) is 44.4 Å². The molecule has 5 nitrogen and oxygen atoms in total. The van der Waals surface area contributed by atoms with E-state index in [2.05, 4.69) is 5.10 Å². The molecule has 1 unspecified atom stereocenters. The Morgan fingerprint density at radius 1 is 1.35 bits per heavy atom. The zero-order valence-corrected chi connectivity index (χ0v) is 12.2. The van der Waals surface area contributed by atoms with Crippen LogP contribution in [0.3, 0.4) is 0 Å². The van der Waals surface area contributed by atoms with Crippen LogP contribution in [0.4, 0.5) is 0 Å². The summed E-state index contributed by atoms with van der Waals surface area (Å²) in [6.45, 7) is 2.42. The molecule has 0 bridgehead atoms. The van der Waals surface area contributed by atoms with Crippen LogP contribution in [0.5, 0.6) is 11.5 Å². The molecule has 0 saturated carbocycles. The van der Waals surface area contributed by atoms with Gasteiger partial charge in [-0.2, -0.15) is 5.10 Å². The van der Waals surface area contributed by atoms with Crippen molar-refractivity contribution in [3.8, 4) is 11.5 Å². The minimum atomic E-state index is 0.0688. The highest BCUT2D eigenvalue weighted by atomic mass is 16.5. The third-order valence-electron chi connectivity index (χ3n) is 2.95. The van der Waals surface area contributed by atoms with Crippen molar-refractivity contribution in [1.29, 1.82) is 0 Å². The maximum Gasteiger partial charge on any atom is 0.132 e. The Labute approximate surface area is 119 Å². The lowest BCUT2D eigenvalue weighted by atomic mass is 10.1. The number of methoxy groups -OCH3 is 1. The van der Waals surface area contributed by atoms with Crippen molar-refractivity contribution in [2.24, 2.45) is 12.8 Å². The maximum atomic E-state index is 5.88. The fraction of sp³-hybridized carbons (Fsp3) is 0.400. The molecule has 0 amide bonds. The summed E-state index contributed by atoms with van der Waals surface area (Å²) in [6.07, 6.45) is 2.64. The van der Waals surface area contributed by atoms with Gasteiger partial charge in [0, 0.05) is 19.3 Å².